The van der Waals surface area contributed by atoms with E-state index in [0.717, 1.165) is 11.1 Å². The maximum Gasteiger partial charge on any atom is 0.246 e. The molecule has 0 aliphatic carbocycles. The molecule has 1 aliphatic heterocycles. The fourth-order valence-corrected chi connectivity index (χ4v) is 3.21. The Labute approximate surface area is 163 Å². The molecule has 3 rings (SSSR count). The number of amides is 3. The van der Waals surface area contributed by atoms with Crippen LogP contribution in [0.25, 0.3) is 0 Å². The number of carbonyl (C=O) groups excluding carboxylic acids is 3. The van der Waals surface area contributed by atoms with Crippen molar-refractivity contribution < 1.29 is 19.1 Å². The third-order valence-corrected chi connectivity index (χ3v) is 4.66. The molecule has 1 fully saturated rings. The van der Waals surface area contributed by atoms with E-state index in [1.54, 1.807) is 25.3 Å². The van der Waals surface area contributed by atoms with Crippen molar-refractivity contribution in [2.75, 3.05) is 19.0 Å². The molecule has 146 valence electrons. The molecular weight excluding hydrogens is 358 g/mol. The van der Waals surface area contributed by atoms with Gasteiger partial charge >= 0.3 is 0 Å². The topological polar surface area (TPSA) is 87.7 Å². The summed E-state index contributed by atoms with van der Waals surface area (Å²) in [5.41, 5.74) is 2.34. The summed E-state index contributed by atoms with van der Waals surface area (Å²) in [7, 11) is 1.56. The molecule has 1 heterocycles. The van der Waals surface area contributed by atoms with Gasteiger partial charge in [0.1, 0.15) is 11.8 Å². The molecule has 3 amide bonds. The van der Waals surface area contributed by atoms with Gasteiger partial charge in [0.05, 0.1) is 20.1 Å². The van der Waals surface area contributed by atoms with E-state index >= 15 is 0 Å². The number of anilines is 1. The second-order valence-corrected chi connectivity index (χ2v) is 6.69. The van der Waals surface area contributed by atoms with Gasteiger partial charge < -0.3 is 20.3 Å². The number of nitrogens with zero attached hydrogens (tertiary/aromatic N) is 1. The van der Waals surface area contributed by atoms with E-state index in [0.29, 0.717) is 18.0 Å². The highest BCUT2D eigenvalue weighted by atomic mass is 16.5. The third-order valence-electron chi connectivity index (χ3n) is 4.66. The lowest BCUT2D eigenvalue weighted by Crippen LogP contribution is -2.58. The number of benzene rings is 2. The average molecular weight is 381 g/mol. The van der Waals surface area contributed by atoms with Gasteiger partial charge in [-0.05, 0) is 24.6 Å². The number of hydrogen-bond acceptors (Lipinski definition) is 4. The Hall–Kier alpha value is -3.35. The van der Waals surface area contributed by atoms with Crippen molar-refractivity contribution in [3.63, 3.8) is 0 Å². The second-order valence-electron chi connectivity index (χ2n) is 6.69. The largest absolute Gasteiger partial charge is 0.496 e. The van der Waals surface area contributed by atoms with Crippen molar-refractivity contribution in [1.29, 1.82) is 0 Å². The van der Waals surface area contributed by atoms with Crippen molar-refractivity contribution in [3.8, 4) is 5.75 Å². The van der Waals surface area contributed by atoms with Crippen LogP contribution in [0.1, 0.15) is 17.5 Å². The van der Waals surface area contributed by atoms with Crippen molar-refractivity contribution >= 4 is 23.4 Å². The molecule has 7 heteroatoms. The summed E-state index contributed by atoms with van der Waals surface area (Å²) in [4.78, 5) is 38.7. The van der Waals surface area contributed by atoms with E-state index in [4.69, 9.17) is 4.74 Å². The van der Waals surface area contributed by atoms with Crippen molar-refractivity contribution in [2.45, 2.75) is 25.9 Å². The minimum atomic E-state index is -0.879. The molecule has 0 aromatic heterocycles. The maximum absolute atomic E-state index is 12.7. The molecule has 0 radical (unpaired) electrons. The van der Waals surface area contributed by atoms with Gasteiger partial charge in [-0.1, -0.05) is 36.4 Å². The Morgan fingerprint density at radius 2 is 1.93 bits per heavy atom. The van der Waals surface area contributed by atoms with Crippen LogP contribution in [0.3, 0.4) is 0 Å². The minimum absolute atomic E-state index is 0.0131. The SMILES string of the molecule is COc1cccc(NC(=O)C[C@H]2NC(=O)CN(Cc3ccccc3)C2=O)c1C. The predicted molar refractivity (Wildman–Crippen MR) is 105 cm³/mol. The summed E-state index contributed by atoms with van der Waals surface area (Å²) >= 11 is 0. The first kappa shape index (κ1) is 19.4. The van der Waals surface area contributed by atoms with Crippen LogP contribution in [-0.2, 0) is 20.9 Å². The first-order chi connectivity index (χ1) is 13.5. The lowest BCUT2D eigenvalue weighted by molar-refractivity contribution is -0.145. The molecular formula is C21H23N3O4. The van der Waals surface area contributed by atoms with Gasteiger partial charge in [-0.25, -0.2) is 0 Å². The minimum Gasteiger partial charge on any atom is -0.496 e. The molecule has 7 nitrogen and oxygen atoms in total. The highest BCUT2D eigenvalue weighted by Gasteiger charge is 2.34. The summed E-state index contributed by atoms with van der Waals surface area (Å²) in [6.07, 6.45) is -0.132. The quantitative estimate of drug-likeness (QED) is 0.800. The molecule has 28 heavy (non-hydrogen) atoms. The van der Waals surface area contributed by atoms with Gasteiger partial charge in [0.2, 0.25) is 17.7 Å². The van der Waals surface area contributed by atoms with E-state index in [1.807, 2.05) is 37.3 Å². The van der Waals surface area contributed by atoms with Crippen LogP contribution in [0.2, 0.25) is 0 Å². The summed E-state index contributed by atoms with van der Waals surface area (Å²) in [5, 5.41) is 5.41. The number of piperazine rings is 1. The van der Waals surface area contributed by atoms with Gasteiger partial charge in [0.25, 0.3) is 0 Å². The highest BCUT2D eigenvalue weighted by molar-refractivity contribution is 6.00. The van der Waals surface area contributed by atoms with Gasteiger partial charge in [-0.2, -0.15) is 0 Å². The standard InChI is InChI=1S/C21H23N3O4/c1-14-16(9-6-10-18(14)28-2)22-19(25)11-17-21(27)24(13-20(26)23-17)12-15-7-4-3-5-8-15/h3-10,17H,11-13H2,1-2H3,(H,22,25)(H,23,26)/t17-/m1/s1. The smallest absolute Gasteiger partial charge is 0.246 e. The molecule has 0 spiro atoms. The van der Waals surface area contributed by atoms with Crippen molar-refractivity contribution in [2.24, 2.45) is 0 Å². The lowest BCUT2D eigenvalue weighted by atomic mass is 10.1. The maximum atomic E-state index is 12.7. The molecule has 0 saturated carbocycles. The first-order valence-electron chi connectivity index (χ1n) is 9.03. The van der Waals surface area contributed by atoms with Crippen LogP contribution in [0.4, 0.5) is 5.69 Å². The van der Waals surface area contributed by atoms with Crippen LogP contribution in [0.15, 0.2) is 48.5 Å². The molecule has 0 unspecified atom stereocenters. The Bertz CT molecular complexity index is 882. The van der Waals surface area contributed by atoms with Gasteiger partial charge in [0, 0.05) is 17.8 Å². The highest BCUT2D eigenvalue weighted by Crippen LogP contribution is 2.25. The fourth-order valence-electron chi connectivity index (χ4n) is 3.21. The lowest BCUT2D eigenvalue weighted by Gasteiger charge is -2.32. The molecule has 2 aromatic carbocycles. The molecule has 1 saturated heterocycles. The van der Waals surface area contributed by atoms with Crippen LogP contribution in [0.5, 0.6) is 5.75 Å². The number of rotatable bonds is 6. The zero-order chi connectivity index (χ0) is 20.1. The molecule has 2 aromatic rings. The number of hydrogen-bond donors (Lipinski definition) is 2. The van der Waals surface area contributed by atoms with E-state index in [1.165, 1.54) is 4.90 Å². The van der Waals surface area contributed by atoms with Crippen LogP contribution >= 0.6 is 0 Å². The monoisotopic (exact) mass is 381 g/mol. The third kappa shape index (κ3) is 4.49. The number of methoxy groups -OCH3 is 1. The summed E-state index contributed by atoms with van der Waals surface area (Å²) in [6, 6.07) is 13.9. The van der Waals surface area contributed by atoms with Crippen molar-refractivity contribution in [3.05, 3.63) is 59.7 Å². The van der Waals surface area contributed by atoms with E-state index < -0.39 is 6.04 Å². The molecule has 1 aliphatic rings. The van der Waals surface area contributed by atoms with Crippen LogP contribution in [0, 0.1) is 6.92 Å². The second kappa shape index (κ2) is 8.56. The zero-order valence-corrected chi connectivity index (χ0v) is 15.9. The Balaban J connectivity index is 1.66. The number of nitrogens with one attached hydrogen (secondary N) is 2. The zero-order valence-electron chi connectivity index (χ0n) is 15.9. The van der Waals surface area contributed by atoms with Gasteiger partial charge in [-0.15, -0.1) is 0 Å². The molecule has 2 N–H and O–H groups in total. The predicted octanol–water partition coefficient (Wildman–Crippen LogP) is 1.86. The summed E-state index contributed by atoms with van der Waals surface area (Å²) in [6.45, 7) is 2.16. The van der Waals surface area contributed by atoms with Gasteiger partial charge in [-0.3, -0.25) is 14.4 Å². The van der Waals surface area contributed by atoms with E-state index in [-0.39, 0.29) is 30.7 Å². The van der Waals surface area contributed by atoms with Crippen LogP contribution < -0.4 is 15.4 Å². The van der Waals surface area contributed by atoms with E-state index in [9.17, 15) is 14.4 Å². The van der Waals surface area contributed by atoms with Gasteiger partial charge in [0.15, 0.2) is 0 Å². The summed E-state index contributed by atoms with van der Waals surface area (Å²) < 4.78 is 5.25. The van der Waals surface area contributed by atoms with Crippen LogP contribution in [-0.4, -0.2) is 42.3 Å². The first-order valence-corrected chi connectivity index (χ1v) is 9.03. The summed E-state index contributed by atoms with van der Waals surface area (Å²) in [5.74, 6) is -0.225. The Morgan fingerprint density at radius 1 is 1.18 bits per heavy atom. The Kier molecular flexibility index (Phi) is 5.93. The van der Waals surface area contributed by atoms with Crippen molar-refractivity contribution in [1.82, 2.24) is 10.2 Å². The average Bonchev–Trinajstić information content (AvgIpc) is 2.68. The Morgan fingerprint density at radius 3 is 2.64 bits per heavy atom. The molecule has 1 atom stereocenters. The number of ether oxygens (including phenoxy) is 1. The molecule has 0 bridgehead atoms. The van der Waals surface area contributed by atoms with E-state index in [2.05, 4.69) is 10.6 Å². The number of carbonyl (C=O) groups is 3. The normalized spacial score (nSPS) is 16.5. The fraction of sp³-hybridized carbons (Fsp3) is 0.286.